The first kappa shape index (κ1) is 14.1. The summed E-state index contributed by atoms with van der Waals surface area (Å²) >= 11 is 1.88. The Kier molecular flexibility index (Phi) is 4.31. The first-order chi connectivity index (χ1) is 8.99. The van der Waals surface area contributed by atoms with Crippen LogP contribution >= 0.6 is 11.3 Å². The van der Waals surface area contributed by atoms with Gasteiger partial charge in [-0.1, -0.05) is 32.0 Å². The maximum atomic E-state index is 3.67. The van der Waals surface area contributed by atoms with Crippen LogP contribution in [0.2, 0.25) is 0 Å². The molecule has 2 heteroatoms. The molecule has 0 aliphatic heterocycles. The molecule has 1 aromatic heterocycles. The zero-order valence-electron chi connectivity index (χ0n) is 12.4. The molecule has 19 heavy (non-hydrogen) atoms. The molecule has 0 saturated heterocycles. The maximum Gasteiger partial charge on any atom is 0.0496 e. The van der Waals surface area contributed by atoms with Crippen molar-refractivity contribution in [3.8, 4) is 0 Å². The minimum absolute atomic E-state index is 0.352. The quantitative estimate of drug-likeness (QED) is 0.757. The Hall–Kier alpha value is -1.28. The van der Waals surface area contributed by atoms with Gasteiger partial charge in [-0.25, -0.2) is 0 Å². The lowest BCUT2D eigenvalue weighted by Gasteiger charge is -2.20. The van der Waals surface area contributed by atoms with Crippen molar-refractivity contribution in [1.82, 2.24) is 0 Å². The second-order valence-electron chi connectivity index (χ2n) is 5.48. The zero-order chi connectivity index (χ0) is 14.0. The van der Waals surface area contributed by atoms with Crippen LogP contribution in [0.25, 0.3) is 0 Å². The van der Waals surface area contributed by atoms with Crippen LogP contribution in [0.3, 0.4) is 0 Å². The Labute approximate surface area is 120 Å². The SMILES string of the molecule is Cc1cc(C(C)Nc2ccccc2C(C)C)c(C)s1. The van der Waals surface area contributed by atoms with E-state index in [0.29, 0.717) is 12.0 Å². The number of aryl methyl sites for hydroxylation is 2. The minimum atomic E-state index is 0.352. The lowest BCUT2D eigenvalue weighted by molar-refractivity contribution is 0.840. The van der Waals surface area contributed by atoms with Crippen molar-refractivity contribution in [2.24, 2.45) is 0 Å². The molecule has 102 valence electrons. The van der Waals surface area contributed by atoms with Crippen molar-refractivity contribution in [1.29, 1.82) is 0 Å². The number of benzene rings is 1. The molecular formula is C17H23NS. The third kappa shape index (κ3) is 3.19. The van der Waals surface area contributed by atoms with E-state index in [1.54, 1.807) is 0 Å². The zero-order valence-corrected chi connectivity index (χ0v) is 13.3. The van der Waals surface area contributed by atoms with E-state index in [2.05, 4.69) is 70.3 Å². The summed E-state index contributed by atoms with van der Waals surface area (Å²) < 4.78 is 0. The van der Waals surface area contributed by atoms with Gasteiger partial charge in [-0.2, -0.15) is 0 Å². The van der Waals surface area contributed by atoms with E-state index in [9.17, 15) is 0 Å². The van der Waals surface area contributed by atoms with Crippen LogP contribution in [0.15, 0.2) is 30.3 Å². The van der Waals surface area contributed by atoms with Crippen LogP contribution in [-0.2, 0) is 0 Å². The predicted molar refractivity (Wildman–Crippen MR) is 86.4 cm³/mol. The van der Waals surface area contributed by atoms with Crippen LogP contribution in [0.4, 0.5) is 5.69 Å². The van der Waals surface area contributed by atoms with Crippen LogP contribution in [0.1, 0.15) is 53.6 Å². The molecule has 0 saturated carbocycles. The van der Waals surface area contributed by atoms with Crippen molar-refractivity contribution in [3.05, 3.63) is 51.2 Å². The largest absolute Gasteiger partial charge is 0.378 e. The summed E-state index contributed by atoms with van der Waals surface area (Å²) in [5.41, 5.74) is 4.06. The molecule has 1 nitrogen and oxygen atoms in total. The van der Waals surface area contributed by atoms with Crippen LogP contribution in [-0.4, -0.2) is 0 Å². The van der Waals surface area contributed by atoms with E-state index in [1.807, 2.05) is 11.3 Å². The van der Waals surface area contributed by atoms with Gasteiger partial charge in [-0.3, -0.25) is 0 Å². The molecule has 0 fully saturated rings. The Morgan fingerprint density at radius 3 is 2.26 bits per heavy atom. The number of para-hydroxylation sites is 1. The van der Waals surface area contributed by atoms with E-state index < -0.39 is 0 Å². The highest BCUT2D eigenvalue weighted by molar-refractivity contribution is 7.12. The molecule has 0 aliphatic rings. The van der Waals surface area contributed by atoms with Gasteiger partial charge in [0.25, 0.3) is 0 Å². The highest BCUT2D eigenvalue weighted by Crippen LogP contribution is 2.31. The van der Waals surface area contributed by atoms with E-state index in [-0.39, 0.29) is 0 Å². The molecule has 0 spiro atoms. The smallest absolute Gasteiger partial charge is 0.0496 e. The molecule has 1 heterocycles. The molecule has 2 aromatic rings. The third-order valence-electron chi connectivity index (χ3n) is 3.50. The number of rotatable bonds is 4. The highest BCUT2D eigenvalue weighted by Gasteiger charge is 2.13. The third-order valence-corrected chi connectivity index (χ3v) is 4.48. The van der Waals surface area contributed by atoms with E-state index in [0.717, 1.165) is 0 Å². The fourth-order valence-electron chi connectivity index (χ4n) is 2.52. The molecule has 1 N–H and O–H groups in total. The maximum absolute atomic E-state index is 3.67. The molecule has 1 atom stereocenters. The van der Waals surface area contributed by atoms with Gasteiger partial charge in [0.1, 0.15) is 0 Å². The summed E-state index contributed by atoms with van der Waals surface area (Å²) in [6, 6.07) is 11.3. The fourth-order valence-corrected chi connectivity index (χ4v) is 3.55. The van der Waals surface area contributed by atoms with Crippen molar-refractivity contribution >= 4 is 17.0 Å². The Balaban J connectivity index is 2.24. The van der Waals surface area contributed by atoms with Gasteiger partial charge in [0, 0.05) is 21.5 Å². The number of hydrogen-bond acceptors (Lipinski definition) is 2. The van der Waals surface area contributed by atoms with E-state index >= 15 is 0 Å². The van der Waals surface area contributed by atoms with Gasteiger partial charge in [-0.05, 0) is 49.9 Å². The summed E-state index contributed by atoms with van der Waals surface area (Å²) in [5.74, 6) is 0.543. The predicted octanol–water partition coefficient (Wildman–Crippen LogP) is 5.66. The summed E-state index contributed by atoms with van der Waals surface area (Å²) in [7, 11) is 0. The summed E-state index contributed by atoms with van der Waals surface area (Å²) in [6.07, 6.45) is 0. The molecule has 0 bridgehead atoms. The molecule has 0 radical (unpaired) electrons. The summed E-state index contributed by atoms with van der Waals surface area (Å²) in [5, 5.41) is 3.67. The average molecular weight is 273 g/mol. The van der Waals surface area contributed by atoms with Crippen LogP contribution in [0.5, 0.6) is 0 Å². The molecule has 1 aromatic carbocycles. The lowest BCUT2D eigenvalue weighted by Crippen LogP contribution is -2.09. The molecule has 0 aliphatic carbocycles. The second-order valence-corrected chi connectivity index (χ2v) is 6.94. The minimum Gasteiger partial charge on any atom is -0.378 e. The van der Waals surface area contributed by atoms with Gasteiger partial charge >= 0.3 is 0 Å². The van der Waals surface area contributed by atoms with Crippen molar-refractivity contribution in [3.63, 3.8) is 0 Å². The molecular weight excluding hydrogens is 250 g/mol. The van der Waals surface area contributed by atoms with E-state index in [1.165, 1.54) is 26.6 Å². The number of nitrogens with one attached hydrogen (secondary N) is 1. The first-order valence-corrected chi connectivity index (χ1v) is 7.73. The van der Waals surface area contributed by atoms with Crippen molar-refractivity contribution in [2.45, 2.75) is 46.6 Å². The topological polar surface area (TPSA) is 12.0 Å². The van der Waals surface area contributed by atoms with Gasteiger partial charge in [0.15, 0.2) is 0 Å². The molecule has 0 amide bonds. The number of hydrogen-bond donors (Lipinski definition) is 1. The monoisotopic (exact) mass is 273 g/mol. The first-order valence-electron chi connectivity index (χ1n) is 6.91. The lowest BCUT2D eigenvalue weighted by atomic mass is 10.00. The van der Waals surface area contributed by atoms with Crippen molar-refractivity contribution < 1.29 is 0 Å². The highest BCUT2D eigenvalue weighted by atomic mass is 32.1. The summed E-state index contributed by atoms with van der Waals surface area (Å²) in [4.78, 5) is 2.80. The number of anilines is 1. The standard InChI is InChI=1S/C17H23NS/c1-11(2)15-8-6-7-9-17(15)18-13(4)16-10-12(3)19-14(16)5/h6-11,13,18H,1-5H3. The average Bonchev–Trinajstić information content (AvgIpc) is 2.69. The number of thiophene rings is 1. The van der Waals surface area contributed by atoms with Gasteiger partial charge < -0.3 is 5.32 Å². The van der Waals surface area contributed by atoms with E-state index in [4.69, 9.17) is 0 Å². The van der Waals surface area contributed by atoms with Gasteiger partial charge in [0.05, 0.1) is 0 Å². The van der Waals surface area contributed by atoms with Crippen LogP contribution in [0, 0.1) is 13.8 Å². The van der Waals surface area contributed by atoms with Gasteiger partial charge in [0.2, 0.25) is 0 Å². The van der Waals surface area contributed by atoms with Gasteiger partial charge in [-0.15, -0.1) is 11.3 Å². The normalized spacial score (nSPS) is 12.7. The molecule has 2 rings (SSSR count). The second kappa shape index (κ2) is 5.79. The Bertz CT molecular complexity index is 554. The fraction of sp³-hybridized carbons (Fsp3) is 0.412. The Morgan fingerprint density at radius 2 is 1.68 bits per heavy atom. The Morgan fingerprint density at radius 1 is 1.00 bits per heavy atom. The van der Waals surface area contributed by atoms with Crippen molar-refractivity contribution in [2.75, 3.05) is 5.32 Å². The van der Waals surface area contributed by atoms with Crippen LogP contribution < -0.4 is 5.32 Å². The molecule has 1 unspecified atom stereocenters. The summed E-state index contributed by atoms with van der Waals surface area (Å²) in [6.45, 7) is 11.1.